The molecule has 3 nitrogen and oxygen atoms in total. The molecule has 0 aliphatic carbocycles. The van der Waals surface area contributed by atoms with Crippen molar-refractivity contribution in [1.29, 1.82) is 0 Å². The second kappa shape index (κ2) is 7.20. The summed E-state index contributed by atoms with van der Waals surface area (Å²) in [5, 5.41) is 4.14. The summed E-state index contributed by atoms with van der Waals surface area (Å²) in [6, 6.07) is 25.9. The van der Waals surface area contributed by atoms with Gasteiger partial charge in [-0.05, 0) is 36.5 Å². The summed E-state index contributed by atoms with van der Waals surface area (Å²) in [5.74, 6) is 0. The van der Waals surface area contributed by atoms with Crippen LogP contribution in [-0.4, -0.2) is 9.97 Å². The summed E-state index contributed by atoms with van der Waals surface area (Å²) in [5.41, 5.74) is 5.92. The van der Waals surface area contributed by atoms with Crippen molar-refractivity contribution in [2.24, 2.45) is 0 Å². The third-order valence-electron chi connectivity index (χ3n) is 4.09. The van der Waals surface area contributed by atoms with Crippen molar-refractivity contribution in [2.75, 3.05) is 5.32 Å². The summed E-state index contributed by atoms with van der Waals surface area (Å²) in [7, 11) is 0. The first-order chi connectivity index (χ1) is 12.7. The molecule has 1 heterocycles. The van der Waals surface area contributed by atoms with Crippen molar-refractivity contribution in [1.82, 2.24) is 9.97 Å². The second-order valence-corrected chi connectivity index (χ2v) is 6.72. The Balaban J connectivity index is 1.82. The maximum absolute atomic E-state index is 6.11. The molecule has 0 spiro atoms. The monoisotopic (exact) mass is 377 g/mol. The lowest BCUT2D eigenvalue weighted by Crippen LogP contribution is -1.94. The number of benzene rings is 3. The quantitative estimate of drug-likeness (QED) is 0.342. The number of imidazole rings is 1. The number of halogens is 1. The predicted molar refractivity (Wildman–Crippen MR) is 112 cm³/mol. The number of aromatic amines is 2. The molecular formula is C21H16ClN3S. The molecule has 1 aromatic heterocycles. The van der Waals surface area contributed by atoms with Gasteiger partial charge in [-0.3, -0.25) is 0 Å². The van der Waals surface area contributed by atoms with E-state index in [4.69, 9.17) is 23.8 Å². The Morgan fingerprint density at radius 1 is 0.769 bits per heavy atom. The fraction of sp³-hybridized carbons (Fsp3) is 0. The smallest absolute Gasteiger partial charge is 0.175 e. The van der Waals surface area contributed by atoms with Gasteiger partial charge in [0.25, 0.3) is 0 Å². The fourth-order valence-corrected chi connectivity index (χ4v) is 3.33. The van der Waals surface area contributed by atoms with Gasteiger partial charge in [0.2, 0.25) is 0 Å². The molecule has 0 unspecified atom stereocenters. The van der Waals surface area contributed by atoms with Gasteiger partial charge in [-0.2, -0.15) is 0 Å². The number of para-hydroxylation sites is 1. The van der Waals surface area contributed by atoms with Gasteiger partial charge in [0.05, 0.1) is 11.4 Å². The van der Waals surface area contributed by atoms with E-state index in [1.807, 2.05) is 60.7 Å². The van der Waals surface area contributed by atoms with E-state index in [1.165, 1.54) is 0 Å². The predicted octanol–water partition coefficient (Wildman–Crippen LogP) is 6.80. The molecule has 0 radical (unpaired) electrons. The van der Waals surface area contributed by atoms with Crippen LogP contribution in [0.25, 0.3) is 22.5 Å². The minimum absolute atomic E-state index is 0.594. The summed E-state index contributed by atoms with van der Waals surface area (Å²) >= 11 is 11.5. The van der Waals surface area contributed by atoms with E-state index in [9.17, 15) is 0 Å². The summed E-state index contributed by atoms with van der Waals surface area (Å²) in [6.07, 6.45) is 0. The van der Waals surface area contributed by atoms with E-state index >= 15 is 0 Å². The van der Waals surface area contributed by atoms with Crippen LogP contribution >= 0.6 is 23.8 Å². The fourth-order valence-electron chi connectivity index (χ4n) is 2.94. The van der Waals surface area contributed by atoms with Gasteiger partial charge in [0.15, 0.2) is 4.77 Å². The number of hydrogen-bond donors (Lipinski definition) is 3. The molecule has 0 atom stereocenters. The van der Waals surface area contributed by atoms with Crippen LogP contribution < -0.4 is 5.32 Å². The molecular weight excluding hydrogens is 362 g/mol. The number of H-pyrrole nitrogens is 2. The number of hydrogen-bond acceptors (Lipinski definition) is 2. The molecule has 26 heavy (non-hydrogen) atoms. The molecule has 3 aromatic carbocycles. The lowest BCUT2D eigenvalue weighted by molar-refractivity contribution is 1.27. The van der Waals surface area contributed by atoms with E-state index in [1.54, 1.807) is 0 Å². The van der Waals surface area contributed by atoms with E-state index < -0.39 is 0 Å². The van der Waals surface area contributed by atoms with Crippen molar-refractivity contribution in [3.8, 4) is 22.5 Å². The maximum atomic E-state index is 6.11. The first kappa shape index (κ1) is 16.6. The van der Waals surface area contributed by atoms with Gasteiger partial charge < -0.3 is 15.3 Å². The maximum Gasteiger partial charge on any atom is 0.175 e. The largest absolute Gasteiger partial charge is 0.355 e. The highest BCUT2D eigenvalue weighted by Crippen LogP contribution is 2.35. The molecule has 5 heteroatoms. The Morgan fingerprint density at radius 2 is 1.50 bits per heavy atom. The van der Waals surface area contributed by atoms with Gasteiger partial charge in [-0.1, -0.05) is 66.2 Å². The normalized spacial score (nSPS) is 10.7. The summed E-state index contributed by atoms with van der Waals surface area (Å²) < 4.78 is 0.594. The Bertz CT molecular complexity index is 1100. The molecule has 0 fully saturated rings. The second-order valence-electron chi connectivity index (χ2n) is 5.88. The van der Waals surface area contributed by atoms with Crippen molar-refractivity contribution < 1.29 is 0 Å². The average Bonchev–Trinajstić information content (AvgIpc) is 3.05. The van der Waals surface area contributed by atoms with E-state index in [2.05, 4.69) is 33.5 Å². The van der Waals surface area contributed by atoms with Gasteiger partial charge in [0, 0.05) is 27.5 Å². The van der Waals surface area contributed by atoms with Crippen molar-refractivity contribution in [2.45, 2.75) is 0 Å². The van der Waals surface area contributed by atoms with E-state index in [0.29, 0.717) is 9.79 Å². The van der Waals surface area contributed by atoms with E-state index in [-0.39, 0.29) is 0 Å². The minimum atomic E-state index is 0.594. The van der Waals surface area contributed by atoms with E-state index in [0.717, 1.165) is 33.9 Å². The third kappa shape index (κ3) is 3.43. The zero-order valence-corrected chi connectivity index (χ0v) is 15.4. The molecule has 0 aliphatic heterocycles. The van der Waals surface area contributed by atoms with Gasteiger partial charge in [-0.25, -0.2) is 0 Å². The van der Waals surface area contributed by atoms with Gasteiger partial charge in [-0.15, -0.1) is 0 Å². The summed E-state index contributed by atoms with van der Waals surface area (Å²) in [6.45, 7) is 0. The van der Waals surface area contributed by atoms with Crippen LogP contribution in [-0.2, 0) is 0 Å². The highest BCUT2D eigenvalue weighted by molar-refractivity contribution is 7.71. The van der Waals surface area contributed by atoms with Crippen LogP contribution in [0.5, 0.6) is 0 Å². The molecule has 0 saturated carbocycles. The third-order valence-corrected chi connectivity index (χ3v) is 4.53. The van der Waals surface area contributed by atoms with Crippen LogP contribution in [0.4, 0.5) is 11.4 Å². The lowest BCUT2D eigenvalue weighted by Gasteiger charge is -2.13. The zero-order valence-electron chi connectivity index (χ0n) is 13.8. The number of anilines is 2. The summed E-state index contributed by atoms with van der Waals surface area (Å²) in [4.78, 5) is 6.56. The average molecular weight is 378 g/mol. The number of rotatable bonds is 4. The minimum Gasteiger partial charge on any atom is -0.355 e. The van der Waals surface area contributed by atoms with Crippen LogP contribution in [0.3, 0.4) is 0 Å². The van der Waals surface area contributed by atoms with Crippen LogP contribution in [0.2, 0.25) is 5.02 Å². The molecule has 0 saturated heterocycles. The highest BCUT2D eigenvalue weighted by atomic mass is 35.5. The van der Waals surface area contributed by atoms with Crippen molar-refractivity contribution >= 4 is 35.2 Å². The van der Waals surface area contributed by atoms with Crippen LogP contribution in [0.1, 0.15) is 0 Å². The topological polar surface area (TPSA) is 43.6 Å². The van der Waals surface area contributed by atoms with Gasteiger partial charge in [0.1, 0.15) is 0 Å². The highest BCUT2D eigenvalue weighted by Gasteiger charge is 2.14. The first-order valence-electron chi connectivity index (χ1n) is 8.20. The Hall–Kier alpha value is -2.82. The van der Waals surface area contributed by atoms with Crippen molar-refractivity contribution in [3.63, 3.8) is 0 Å². The Labute approximate surface area is 161 Å². The first-order valence-corrected chi connectivity index (χ1v) is 8.99. The molecule has 0 bridgehead atoms. The molecule has 4 rings (SSSR count). The van der Waals surface area contributed by atoms with Crippen LogP contribution in [0.15, 0.2) is 78.9 Å². The Kier molecular flexibility index (Phi) is 4.61. The Morgan fingerprint density at radius 3 is 2.31 bits per heavy atom. The molecule has 3 N–H and O–H groups in total. The van der Waals surface area contributed by atoms with Crippen LogP contribution in [0, 0.1) is 4.77 Å². The SMILES string of the molecule is S=c1[nH]c(-c2ccccc2)c(-c2ccccc2Nc2cccc(Cl)c2)[nH]1. The molecule has 0 amide bonds. The molecule has 128 valence electrons. The van der Waals surface area contributed by atoms with Gasteiger partial charge >= 0.3 is 0 Å². The lowest BCUT2D eigenvalue weighted by atomic mass is 10.0. The zero-order chi connectivity index (χ0) is 17.9. The number of aromatic nitrogens is 2. The standard InChI is InChI=1S/C21H16ClN3S/c22-15-9-6-10-16(13-15)23-18-12-5-4-11-17(18)20-19(24-21(26)25-20)14-7-2-1-3-8-14/h1-13,23H,(H2,24,25,26). The number of nitrogens with one attached hydrogen (secondary N) is 3. The molecule has 4 aromatic rings. The van der Waals surface area contributed by atoms with Crippen molar-refractivity contribution in [3.05, 3.63) is 88.7 Å². The molecule has 0 aliphatic rings.